The zero-order chi connectivity index (χ0) is 16.3. The monoisotopic (exact) mass is 320 g/mol. The average Bonchev–Trinajstić information content (AvgIpc) is 2.89. The van der Waals surface area contributed by atoms with Gasteiger partial charge in [-0.15, -0.1) is 11.3 Å². The van der Waals surface area contributed by atoms with Crippen molar-refractivity contribution in [2.45, 2.75) is 19.8 Å². The zero-order valence-corrected chi connectivity index (χ0v) is 13.2. The number of carbonyl (C=O) groups excluding carboxylic acids is 1. The Morgan fingerprint density at radius 2 is 1.95 bits per heavy atom. The fourth-order valence-electron chi connectivity index (χ4n) is 1.84. The number of hydrogen-bond donors (Lipinski definition) is 2. The van der Waals surface area contributed by atoms with Crippen LogP contribution in [0.2, 0.25) is 0 Å². The van der Waals surface area contributed by atoms with E-state index >= 15 is 0 Å². The number of carboxylic acids is 1. The smallest absolute Gasteiger partial charge is 0.347 e. The first-order valence-electron chi connectivity index (χ1n) is 6.58. The van der Waals surface area contributed by atoms with E-state index in [4.69, 9.17) is 9.84 Å². The van der Waals surface area contributed by atoms with Gasteiger partial charge in [-0.1, -0.05) is 0 Å². The molecule has 0 fully saturated rings. The summed E-state index contributed by atoms with van der Waals surface area (Å²) in [5.41, 5.74) is 1.07. The van der Waals surface area contributed by atoms with Crippen LogP contribution >= 0.6 is 11.3 Å². The summed E-state index contributed by atoms with van der Waals surface area (Å²) >= 11 is 1.03. The second kappa shape index (κ2) is 6.57. The number of nitrogens with zero attached hydrogens (tertiary/aromatic N) is 1. The maximum atomic E-state index is 12.2. The molecule has 0 aliphatic carbocycles. The molecule has 0 bridgehead atoms. The van der Waals surface area contributed by atoms with Gasteiger partial charge in [0.15, 0.2) is 0 Å². The second-order valence-electron chi connectivity index (χ2n) is 4.71. The molecule has 1 aromatic heterocycles. The lowest BCUT2D eigenvalue weighted by atomic mass is 10.1. The number of nitrogens with one attached hydrogen (secondary N) is 1. The third-order valence-corrected chi connectivity index (χ3v) is 4.46. The molecule has 2 aromatic rings. The average molecular weight is 320 g/mol. The van der Waals surface area contributed by atoms with Gasteiger partial charge in [-0.05, 0) is 38.1 Å². The van der Waals surface area contributed by atoms with Gasteiger partial charge in [0.1, 0.15) is 15.6 Å². The number of rotatable bonds is 5. The summed E-state index contributed by atoms with van der Waals surface area (Å²) in [6.07, 6.45) is 0. The molecule has 0 saturated carbocycles. The molecule has 116 valence electrons. The molecule has 2 N–H and O–H groups in total. The Labute approximate surface area is 131 Å². The molecule has 6 nitrogen and oxygen atoms in total. The van der Waals surface area contributed by atoms with Crippen LogP contribution in [-0.2, 0) is 4.79 Å². The van der Waals surface area contributed by atoms with E-state index in [0.717, 1.165) is 11.3 Å². The highest BCUT2D eigenvalue weighted by molar-refractivity contribution is 7.13. The minimum absolute atomic E-state index is 0.166. The SMILES string of the molecule is COc1ccc(NC(=O)C(C)c2nc(C)c(C(=O)O)s2)cc1. The van der Waals surface area contributed by atoms with Crippen molar-refractivity contribution in [2.75, 3.05) is 12.4 Å². The molecule has 2 rings (SSSR count). The van der Waals surface area contributed by atoms with Crippen LogP contribution in [0.15, 0.2) is 24.3 Å². The molecular formula is C15H16N2O4S. The normalized spacial score (nSPS) is 11.8. The van der Waals surface area contributed by atoms with E-state index in [-0.39, 0.29) is 10.8 Å². The maximum Gasteiger partial charge on any atom is 0.347 e. The lowest BCUT2D eigenvalue weighted by Gasteiger charge is -2.10. The maximum absolute atomic E-state index is 12.2. The minimum atomic E-state index is -1.02. The number of aryl methyl sites for hydroxylation is 1. The van der Waals surface area contributed by atoms with E-state index in [1.165, 1.54) is 0 Å². The first-order valence-corrected chi connectivity index (χ1v) is 7.39. The van der Waals surface area contributed by atoms with Crippen molar-refractivity contribution >= 4 is 28.9 Å². The van der Waals surface area contributed by atoms with E-state index in [1.807, 2.05) is 0 Å². The molecule has 7 heteroatoms. The lowest BCUT2D eigenvalue weighted by Crippen LogP contribution is -2.18. The van der Waals surface area contributed by atoms with Gasteiger partial charge in [0.05, 0.1) is 18.7 Å². The third kappa shape index (κ3) is 3.43. The number of ether oxygens (including phenoxy) is 1. The Morgan fingerprint density at radius 1 is 1.32 bits per heavy atom. The molecule has 1 atom stereocenters. The van der Waals surface area contributed by atoms with E-state index in [0.29, 0.717) is 22.1 Å². The summed E-state index contributed by atoms with van der Waals surface area (Å²) in [6, 6.07) is 6.96. The van der Waals surface area contributed by atoms with Gasteiger partial charge in [0.2, 0.25) is 5.91 Å². The van der Waals surface area contributed by atoms with Crippen molar-refractivity contribution in [3.8, 4) is 5.75 Å². The zero-order valence-electron chi connectivity index (χ0n) is 12.4. The predicted molar refractivity (Wildman–Crippen MR) is 83.8 cm³/mol. The number of anilines is 1. The third-order valence-electron chi connectivity index (χ3n) is 3.13. The van der Waals surface area contributed by atoms with E-state index in [9.17, 15) is 9.59 Å². The Bertz CT molecular complexity index is 694. The topological polar surface area (TPSA) is 88.5 Å². The Balaban J connectivity index is 2.11. The second-order valence-corrected chi connectivity index (χ2v) is 5.74. The van der Waals surface area contributed by atoms with E-state index in [2.05, 4.69) is 10.3 Å². The molecule has 0 aliphatic heterocycles. The summed E-state index contributed by atoms with van der Waals surface area (Å²) in [4.78, 5) is 27.6. The van der Waals surface area contributed by atoms with Crippen LogP contribution in [0, 0.1) is 6.92 Å². The Hall–Kier alpha value is -2.41. The molecule has 1 amide bonds. The van der Waals surface area contributed by atoms with Crippen LogP contribution in [0.5, 0.6) is 5.75 Å². The van der Waals surface area contributed by atoms with E-state index < -0.39 is 11.9 Å². The largest absolute Gasteiger partial charge is 0.497 e. The van der Waals surface area contributed by atoms with Gasteiger partial charge in [-0.2, -0.15) is 0 Å². The van der Waals surface area contributed by atoms with Gasteiger partial charge >= 0.3 is 5.97 Å². The highest BCUT2D eigenvalue weighted by Crippen LogP contribution is 2.26. The molecule has 1 heterocycles. The molecule has 22 heavy (non-hydrogen) atoms. The number of amides is 1. The number of aromatic nitrogens is 1. The highest BCUT2D eigenvalue weighted by atomic mass is 32.1. The summed E-state index contributed by atoms with van der Waals surface area (Å²) in [6.45, 7) is 3.32. The van der Waals surface area contributed by atoms with Gasteiger partial charge < -0.3 is 15.2 Å². The number of methoxy groups -OCH3 is 1. The number of carbonyl (C=O) groups is 2. The number of hydrogen-bond acceptors (Lipinski definition) is 5. The first-order chi connectivity index (χ1) is 10.4. The highest BCUT2D eigenvalue weighted by Gasteiger charge is 2.22. The number of thiazole rings is 1. The Kier molecular flexibility index (Phi) is 4.77. The predicted octanol–water partition coefficient (Wildman–Crippen LogP) is 2.90. The quantitative estimate of drug-likeness (QED) is 0.884. The fraction of sp³-hybridized carbons (Fsp3) is 0.267. The molecule has 0 radical (unpaired) electrons. The van der Waals surface area contributed by atoms with E-state index in [1.54, 1.807) is 45.2 Å². The van der Waals surface area contributed by atoms with Gasteiger partial charge in [0, 0.05) is 5.69 Å². The molecular weight excluding hydrogens is 304 g/mol. The van der Waals surface area contributed by atoms with Crippen LogP contribution in [0.4, 0.5) is 5.69 Å². The summed E-state index contributed by atoms with van der Waals surface area (Å²) in [5, 5.41) is 12.3. The standard InChI is InChI=1S/C15H16N2O4S/c1-8(14-16-9(2)12(22-14)15(19)20)13(18)17-10-4-6-11(21-3)7-5-10/h4-8H,1-3H3,(H,17,18)(H,19,20). The number of benzene rings is 1. The summed E-state index contributed by atoms with van der Waals surface area (Å²) in [5.74, 6) is -1.09. The van der Waals surface area contributed by atoms with Crippen molar-refractivity contribution in [1.29, 1.82) is 0 Å². The summed E-state index contributed by atoms with van der Waals surface area (Å²) < 4.78 is 5.05. The molecule has 0 saturated heterocycles. The van der Waals surface area contributed by atoms with Gasteiger partial charge in [-0.3, -0.25) is 4.79 Å². The fourth-order valence-corrected chi connectivity index (χ4v) is 2.79. The van der Waals surface area contributed by atoms with Crippen molar-refractivity contribution in [3.63, 3.8) is 0 Å². The van der Waals surface area contributed by atoms with Crippen LogP contribution in [-0.4, -0.2) is 29.1 Å². The van der Waals surface area contributed by atoms with Crippen molar-refractivity contribution in [3.05, 3.63) is 39.8 Å². The van der Waals surface area contributed by atoms with Crippen LogP contribution < -0.4 is 10.1 Å². The molecule has 1 unspecified atom stereocenters. The molecule has 1 aromatic carbocycles. The number of aromatic carboxylic acids is 1. The van der Waals surface area contributed by atoms with Crippen LogP contribution in [0.25, 0.3) is 0 Å². The molecule has 0 spiro atoms. The minimum Gasteiger partial charge on any atom is -0.497 e. The summed E-state index contributed by atoms with van der Waals surface area (Å²) in [7, 11) is 1.57. The van der Waals surface area contributed by atoms with Gasteiger partial charge in [-0.25, -0.2) is 9.78 Å². The van der Waals surface area contributed by atoms with Crippen LogP contribution in [0.3, 0.4) is 0 Å². The van der Waals surface area contributed by atoms with Crippen molar-refractivity contribution < 1.29 is 19.4 Å². The lowest BCUT2D eigenvalue weighted by molar-refractivity contribution is -0.117. The van der Waals surface area contributed by atoms with Crippen LogP contribution in [0.1, 0.15) is 33.2 Å². The molecule has 0 aliphatic rings. The van der Waals surface area contributed by atoms with Crippen molar-refractivity contribution in [1.82, 2.24) is 4.98 Å². The first kappa shape index (κ1) is 16.0. The number of carboxylic acid groups (broad SMARTS) is 1. The van der Waals surface area contributed by atoms with Crippen molar-refractivity contribution in [2.24, 2.45) is 0 Å². The Morgan fingerprint density at radius 3 is 2.45 bits per heavy atom. The van der Waals surface area contributed by atoms with Gasteiger partial charge in [0.25, 0.3) is 0 Å².